The SMILES string of the molecule is CC(C)C(CCS(=O)(=O)C(C)(C)C)C(C)Cl. The maximum Gasteiger partial charge on any atom is 0.155 e. The van der Waals surface area contributed by atoms with Crippen molar-refractivity contribution < 1.29 is 8.42 Å². The van der Waals surface area contributed by atoms with Crippen molar-refractivity contribution in [3.8, 4) is 0 Å². The highest BCUT2D eigenvalue weighted by Gasteiger charge is 2.30. The molecule has 0 saturated carbocycles. The quantitative estimate of drug-likeness (QED) is 0.716. The van der Waals surface area contributed by atoms with Gasteiger partial charge in [0.2, 0.25) is 0 Å². The molecule has 98 valence electrons. The van der Waals surface area contributed by atoms with Crippen molar-refractivity contribution in [2.24, 2.45) is 11.8 Å². The van der Waals surface area contributed by atoms with Gasteiger partial charge in [0.05, 0.1) is 10.5 Å². The Morgan fingerprint density at radius 2 is 1.56 bits per heavy atom. The van der Waals surface area contributed by atoms with Crippen LogP contribution in [0.4, 0.5) is 0 Å². The molecule has 0 aromatic carbocycles. The van der Waals surface area contributed by atoms with Crippen LogP contribution < -0.4 is 0 Å². The van der Waals surface area contributed by atoms with E-state index in [1.54, 1.807) is 20.8 Å². The van der Waals surface area contributed by atoms with Crippen molar-refractivity contribution in [2.75, 3.05) is 5.75 Å². The van der Waals surface area contributed by atoms with Gasteiger partial charge in [-0.15, -0.1) is 11.6 Å². The lowest BCUT2D eigenvalue weighted by atomic mass is 9.90. The van der Waals surface area contributed by atoms with E-state index in [1.807, 2.05) is 6.92 Å². The van der Waals surface area contributed by atoms with Crippen molar-refractivity contribution in [3.05, 3.63) is 0 Å². The Morgan fingerprint density at radius 1 is 1.12 bits per heavy atom. The van der Waals surface area contributed by atoms with Crippen LogP contribution in [-0.4, -0.2) is 24.3 Å². The van der Waals surface area contributed by atoms with Crippen molar-refractivity contribution >= 4 is 21.4 Å². The largest absolute Gasteiger partial charge is 0.228 e. The molecule has 0 amide bonds. The maximum absolute atomic E-state index is 12.0. The van der Waals surface area contributed by atoms with Crippen LogP contribution in [0.5, 0.6) is 0 Å². The van der Waals surface area contributed by atoms with E-state index in [2.05, 4.69) is 13.8 Å². The molecule has 2 atom stereocenters. The Hall–Kier alpha value is 0.240. The van der Waals surface area contributed by atoms with Gasteiger partial charge in [-0.1, -0.05) is 13.8 Å². The van der Waals surface area contributed by atoms with Crippen LogP contribution in [0, 0.1) is 11.8 Å². The minimum absolute atomic E-state index is 0.0233. The second-order valence-electron chi connectivity index (χ2n) is 5.81. The Balaban J connectivity index is 4.56. The zero-order valence-corrected chi connectivity index (χ0v) is 12.8. The van der Waals surface area contributed by atoms with Crippen molar-refractivity contribution in [2.45, 2.75) is 58.1 Å². The molecule has 0 aliphatic rings. The van der Waals surface area contributed by atoms with Crippen LogP contribution in [0.3, 0.4) is 0 Å². The lowest BCUT2D eigenvalue weighted by Gasteiger charge is -2.25. The Morgan fingerprint density at radius 3 is 1.81 bits per heavy atom. The Labute approximate surface area is 106 Å². The van der Waals surface area contributed by atoms with Crippen LogP contribution in [0.15, 0.2) is 0 Å². The summed E-state index contributed by atoms with van der Waals surface area (Å²) < 4.78 is 23.3. The number of rotatable bonds is 5. The minimum atomic E-state index is -3.02. The molecule has 0 aliphatic heterocycles. The molecule has 0 N–H and O–H groups in total. The fourth-order valence-electron chi connectivity index (χ4n) is 1.69. The van der Waals surface area contributed by atoms with Crippen LogP contribution in [0.2, 0.25) is 0 Å². The number of sulfone groups is 1. The average Bonchev–Trinajstić information content (AvgIpc) is 1.99. The molecular formula is C12H25ClO2S. The summed E-state index contributed by atoms with van der Waals surface area (Å²) in [6, 6.07) is 0. The topological polar surface area (TPSA) is 34.1 Å². The molecular weight excluding hydrogens is 244 g/mol. The molecule has 0 aliphatic carbocycles. The first kappa shape index (κ1) is 16.2. The van der Waals surface area contributed by atoms with Gasteiger partial charge in [0.15, 0.2) is 9.84 Å². The van der Waals surface area contributed by atoms with Crippen molar-refractivity contribution in [1.82, 2.24) is 0 Å². The van der Waals surface area contributed by atoms with E-state index < -0.39 is 14.6 Å². The summed E-state index contributed by atoms with van der Waals surface area (Å²) in [5, 5.41) is 0.0233. The molecule has 2 nitrogen and oxygen atoms in total. The zero-order valence-electron chi connectivity index (χ0n) is 11.2. The van der Waals surface area contributed by atoms with E-state index in [0.717, 1.165) is 0 Å². The molecule has 0 fully saturated rings. The van der Waals surface area contributed by atoms with Crippen molar-refractivity contribution in [3.63, 3.8) is 0 Å². The summed E-state index contributed by atoms with van der Waals surface area (Å²) in [6.07, 6.45) is 0.655. The van der Waals surface area contributed by atoms with Crippen LogP contribution >= 0.6 is 11.6 Å². The van der Waals surface area contributed by atoms with Gasteiger partial charge in [-0.3, -0.25) is 0 Å². The molecule has 0 bridgehead atoms. The smallest absolute Gasteiger partial charge is 0.155 e. The number of hydrogen-bond acceptors (Lipinski definition) is 2. The average molecular weight is 269 g/mol. The fourth-order valence-corrected chi connectivity index (χ4v) is 3.30. The van der Waals surface area contributed by atoms with Gasteiger partial charge in [-0.2, -0.15) is 0 Å². The zero-order chi connectivity index (χ0) is 13.1. The fraction of sp³-hybridized carbons (Fsp3) is 1.00. The van der Waals surface area contributed by atoms with E-state index in [9.17, 15) is 8.42 Å². The molecule has 0 spiro atoms. The standard InChI is InChI=1S/C12H25ClO2S/c1-9(2)11(10(3)13)7-8-16(14,15)12(4,5)6/h9-11H,7-8H2,1-6H3. The summed E-state index contributed by atoms with van der Waals surface area (Å²) in [6.45, 7) is 11.4. The van der Waals surface area contributed by atoms with Gasteiger partial charge in [-0.05, 0) is 46.0 Å². The first-order valence-electron chi connectivity index (χ1n) is 5.85. The third-order valence-electron chi connectivity index (χ3n) is 3.10. The first-order chi connectivity index (χ1) is 6.99. The first-order valence-corrected chi connectivity index (χ1v) is 7.94. The normalized spacial score (nSPS) is 17.5. The van der Waals surface area contributed by atoms with Gasteiger partial charge >= 0.3 is 0 Å². The van der Waals surface area contributed by atoms with E-state index in [4.69, 9.17) is 11.6 Å². The van der Waals surface area contributed by atoms with E-state index in [1.165, 1.54) is 0 Å². The molecule has 16 heavy (non-hydrogen) atoms. The van der Waals surface area contributed by atoms with Gasteiger partial charge in [0.1, 0.15) is 0 Å². The number of hydrogen-bond donors (Lipinski definition) is 0. The Bertz CT molecular complexity index is 291. The highest BCUT2D eigenvalue weighted by molar-refractivity contribution is 7.92. The third-order valence-corrected chi connectivity index (χ3v) is 6.06. The van der Waals surface area contributed by atoms with Crippen LogP contribution in [0.1, 0.15) is 48.0 Å². The molecule has 0 radical (unpaired) electrons. The van der Waals surface area contributed by atoms with Gasteiger partial charge in [0, 0.05) is 5.38 Å². The van der Waals surface area contributed by atoms with Gasteiger partial charge < -0.3 is 0 Å². The van der Waals surface area contributed by atoms with Crippen molar-refractivity contribution in [1.29, 1.82) is 0 Å². The Kier molecular flexibility index (Phi) is 5.81. The van der Waals surface area contributed by atoms with Crippen LogP contribution in [-0.2, 0) is 9.84 Å². The molecule has 0 aromatic heterocycles. The monoisotopic (exact) mass is 268 g/mol. The highest BCUT2D eigenvalue weighted by Crippen LogP contribution is 2.26. The van der Waals surface area contributed by atoms with E-state index >= 15 is 0 Å². The summed E-state index contributed by atoms with van der Waals surface area (Å²) in [5.41, 5.74) is 0. The van der Waals surface area contributed by atoms with Crippen LogP contribution in [0.25, 0.3) is 0 Å². The third kappa shape index (κ3) is 4.62. The molecule has 0 saturated heterocycles. The molecule has 0 aromatic rings. The summed E-state index contributed by atoms with van der Waals surface area (Å²) in [7, 11) is -3.02. The molecule has 4 heteroatoms. The lowest BCUT2D eigenvalue weighted by Crippen LogP contribution is -2.32. The van der Waals surface area contributed by atoms with E-state index in [0.29, 0.717) is 12.3 Å². The predicted molar refractivity (Wildman–Crippen MR) is 71.8 cm³/mol. The molecule has 0 rings (SSSR count). The highest BCUT2D eigenvalue weighted by atomic mass is 35.5. The number of alkyl halides is 1. The maximum atomic E-state index is 12.0. The minimum Gasteiger partial charge on any atom is -0.228 e. The summed E-state index contributed by atoms with van der Waals surface area (Å²) in [4.78, 5) is 0. The molecule has 2 unspecified atom stereocenters. The van der Waals surface area contributed by atoms with E-state index in [-0.39, 0.29) is 17.0 Å². The second kappa shape index (κ2) is 5.72. The predicted octanol–water partition coefficient (Wildman–Crippen LogP) is 3.49. The molecule has 0 heterocycles. The summed E-state index contributed by atoms with van der Waals surface area (Å²) >= 11 is 6.09. The number of halogens is 1. The summed E-state index contributed by atoms with van der Waals surface area (Å²) in [5.74, 6) is 0.914. The second-order valence-corrected chi connectivity index (χ2v) is 9.36. The lowest BCUT2D eigenvalue weighted by molar-refractivity contribution is 0.367. The van der Waals surface area contributed by atoms with Gasteiger partial charge in [-0.25, -0.2) is 8.42 Å². The van der Waals surface area contributed by atoms with Gasteiger partial charge in [0.25, 0.3) is 0 Å².